The van der Waals surface area contributed by atoms with Gasteiger partial charge in [0.1, 0.15) is 0 Å². The van der Waals surface area contributed by atoms with Crippen LogP contribution in [0, 0.1) is 0 Å². The van der Waals surface area contributed by atoms with Crippen LogP contribution in [0.3, 0.4) is 0 Å². The molecule has 0 N–H and O–H groups in total. The van der Waals surface area contributed by atoms with Crippen molar-refractivity contribution in [3.63, 3.8) is 0 Å². The van der Waals surface area contributed by atoms with Crippen molar-refractivity contribution in [3.8, 4) is 22.9 Å². The first-order valence-electron chi connectivity index (χ1n) is 8.36. The monoisotopic (exact) mass is 375 g/mol. The number of halogens is 2. The van der Waals surface area contributed by atoms with Crippen LogP contribution in [0.4, 0.5) is 14.5 Å². The fourth-order valence-corrected chi connectivity index (χ4v) is 2.62. The lowest BCUT2D eigenvalue weighted by atomic mass is 10.2. The van der Waals surface area contributed by atoms with E-state index in [9.17, 15) is 8.78 Å². The molecular weight excluding hydrogens is 356 g/mol. The molecule has 0 fully saturated rings. The Balaban J connectivity index is 1.79. The van der Waals surface area contributed by atoms with Crippen molar-refractivity contribution < 1.29 is 22.8 Å². The Morgan fingerprint density at radius 3 is 2.56 bits per heavy atom. The Kier molecular flexibility index (Phi) is 5.85. The topological polar surface area (TPSA) is 60.6 Å². The first-order chi connectivity index (χ1) is 13.1. The molecule has 0 unspecified atom stereocenters. The van der Waals surface area contributed by atoms with E-state index in [4.69, 9.17) is 9.26 Å². The number of hydrogen-bond acceptors (Lipinski definition) is 6. The van der Waals surface area contributed by atoms with Crippen LogP contribution in [0.15, 0.2) is 53.1 Å². The molecule has 0 aliphatic rings. The summed E-state index contributed by atoms with van der Waals surface area (Å²) >= 11 is 0. The van der Waals surface area contributed by atoms with Crippen LogP contribution in [-0.2, 0) is 6.54 Å². The molecule has 27 heavy (non-hydrogen) atoms. The molecule has 0 spiro atoms. The highest BCUT2D eigenvalue weighted by Crippen LogP contribution is 2.32. The zero-order valence-corrected chi connectivity index (χ0v) is 14.9. The number of hydrogen-bond donors (Lipinski definition) is 0. The second kappa shape index (κ2) is 8.48. The SMILES string of the molecule is CCN(Cc1nc(-c2ccc(OC(F)F)c(OC)c2)no1)c1ccccc1. The predicted octanol–water partition coefficient (Wildman–Crippen LogP) is 4.37. The van der Waals surface area contributed by atoms with Crippen LogP contribution in [0.2, 0.25) is 0 Å². The predicted molar refractivity (Wildman–Crippen MR) is 96.1 cm³/mol. The fraction of sp³-hybridized carbons (Fsp3) is 0.263. The summed E-state index contributed by atoms with van der Waals surface area (Å²) in [5.74, 6) is 0.901. The van der Waals surface area contributed by atoms with Gasteiger partial charge in [-0.25, -0.2) is 0 Å². The van der Waals surface area contributed by atoms with E-state index in [1.165, 1.54) is 19.2 Å². The van der Waals surface area contributed by atoms with Crippen LogP contribution in [0.25, 0.3) is 11.4 Å². The molecule has 1 heterocycles. The normalized spacial score (nSPS) is 10.9. The van der Waals surface area contributed by atoms with Crippen molar-refractivity contribution in [3.05, 3.63) is 54.4 Å². The highest BCUT2D eigenvalue weighted by atomic mass is 19.3. The molecule has 8 heteroatoms. The molecule has 0 radical (unpaired) electrons. The highest BCUT2D eigenvalue weighted by molar-refractivity contribution is 5.60. The molecule has 0 saturated heterocycles. The summed E-state index contributed by atoms with van der Waals surface area (Å²) in [5.41, 5.74) is 1.63. The van der Waals surface area contributed by atoms with Gasteiger partial charge in [-0.15, -0.1) is 0 Å². The number of anilines is 1. The van der Waals surface area contributed by atoms with E-state index in [0.29, 0.717) is 23.8 Å². The lowest BCUT2D eigenvalue weighted by Gasteiger charge is -2.20. The van der Waals surface area contributed by atoms with Gasteiger partial charge in [0.25, 0.3) is 0 Å². The van der Waals surface area contributed by atoms with Crippen LogP contribution in [0.5, 0.6) is 11.5 Å². The van der Waals surface area contributed by atoms with Gasteiger partial charge in [-0.3, -0.25) is 0 Å². The number of alkyl halides is 2. The average Bonchev–Trinajstić information content (AvgIpc) is 3.15. The van der Waals surface area contributed by atoms with Gasteiger partial charge in [0.2, 0.25) is 11.7 Å². The molecule has 3 aromatic rings. The van der Waals surface area contributed by atoms with E-state index in [1.54, 1.807) is 6.07 Å². The fourth-order valence-electron chi connectivity index (χ4n) is 2.62. The highest BCUT2D eigenvalue weighted by Gasteiger charge is 2.16. The molecule has 142 valence electrons. The second-order valence-corrected chi connectivity index (χ2v) is 5.61. The Bertz CT molecular complexity index is 872. The van der Waals surface area contributed by atoms with Gasteiger partial charge in [-0.2, -0.15) is 13.8 Å². The largest absolute Gasteiger partial charge is 0.493 e. The van der Waals surface area contributed by atoms with E-state index < -0.39 is 6.61 Å². The van der Waals surface area contributed by atoms with Crippen molar-refractivity contribution in [1.82, 2.24) is 10.1 Å². The molecule has 0 atom stereocenters. The summed E-state index contributed by atoms with van der Waals surface area (Å²) in [6, 6.07) is 14.4. The van der Waals surface area contributed by atoms with E-state index in [2.05, 4.69) is 19.8 Å². The second-order valence-electron chi connectivity index (χ2n) is 5.61. The van der Waals surface area contributed by atoms with Crippen LogP contribution >= 0.6 is 0 Å². The molecule has 0 amide bonds. The first kappa shape index (κ1) is 18.6. The number of ether oxygens (including phenoxy) is 2. The standard InChI is InChI=1S/C19H19F2N3O3/c1-3-24(14-7-5-4-6-8-14)12-17-22-18(23-27-17)13-9-10-15(26-19(20)21)16(11-13)25-2/h4-11,19H,3,12H2,1-2H3. The molecule has 0 aliphatic heterocycles. The summed E-state index contributed by atoms with van der Waals surface area (Å²) in [5, 5.41) is 3.98. The first-order valence-corrected chi connectivity index (χ1v) is 8.36. The van der Waals surface area contributed by atoms with Crippen molar-refractivity contribution in [2.45, 2.75) is 20.1 Å². The number of rotatable bonds is 8. The van der Waals surface area contributed by atoms with Gasteiger partial charge < -0.3 is 18.9 Å². The summed E-state index contributed by atoms with van der Waals surface area (Å²) < 4.78 is 39.7. The van der Waals surface area contributed by atoms with Crippen LogP contribution < -0.4 is 14.4 Å². The van der Waals surface area contributed by atoms with Gasteiger partial charge in [0.05, 0.1) is 13.7 Å². The minimum Gasteiger partial charge on any atom is -0.493 e. The molecule has 0 bridgehead atoms. The Labute approximate surface area is 155 Å². The number of benzene rings is 2. The Hall–Kier alpha value is -3.16. The zero-order chi connectivity index (χ0) is 19.2. The minimum atomic E-state index is -2.93. The lowest BCUT2D eigenvalue weighted by Crippen LogP contribution is -2.22. The molecule has 0 saturated carbocycles. The summed E-state index contributed by atoms with van der Waals surface area (Å²) in [4.78, 5) is 6.49. The zero-order valence-electron chi connectivity index (χ0n) is 14.9. The van der Waals surface area contributed by atoms with Gasteiger partial charge >= 0.3 is 6.61 Å². The molecule has 2 aromatic carbocycles. The van der Waals surface area contributed by atoms with Crippen molar-refractivity contribution in [2.24, 2.45) is 0 Å². The molecule has 1 aromatic heterocycles. The summed E-state index contributed by atoms with van der Waals surface area (Å²) in [6.45, 7) is 0.336. The van der Waals surface area contributed by atoms with Crippen LogP contribution in [-0.4, -0.2) is 30.4 Å². The Morgan fingerprint density at radius 2 is 1.89 bits per heavy atom. The number of aromatic nitrogens is 2. The number of methoxy groups -OCH3 is 1. The van der Waals surface area contributed by atoms with Crippen molar-refractivity contribution in [2.75, 3.05) is 18.6 Å². The van der Waals surface area contributed by atoms with Gasteiger partial charge in [-0.1, -0.05) is 23.4 Å². The third-order valence-electron chi connectivity index (χ3n) is 3.94. The lowest BCUT2D eigenvalue weighted by molar-refractivity contribution is -0.0512. The van der Waals surface area contributed by atoms with E-state index >= 15 is 0 Å². The molecular formula is C19H19F2N3O3. The van der Waals surface area contributed by atoms with Crippen LogP contribution in [0.1, 0.15) is 12.8 Å². The Morgan fingerprint density at radius 1 is 1.11 bits per heavy atom. The van der Waals surface area contributed by atoms with E-state index in [0.717, 1.165) is 12.2 Å². The quantitative estimate of drug-likeness (QED) is 0.583. The maximum absolute atomic E-state index is 12.4. The van der Waals surface area contributed by atoms with Crippen molar-refractivity contribution in [1.29, 1.82) is 0 Å². The van der Waals surface area contributed by atoms with Gasteiger partial charge in [0.15, 0.2) is 11.5 Å². The summed E-state index contributed by atoms with van der Waals surface area (Å²) in [7, 11) is 1.37. The van der Waals surface area contributed by atoms with Gasteiger partial charge in [-0.05, 0) is 37.3 Å². The minimum absolute atomic E-state index is 0.0544. The van der Waals surface area contributed by atoms with Crippen molar-refractivity contribution >= 4 is 5.69 Å². The molecule has 6 nitrogen and oxygen atoms in total. The maximum atomic E-state index is 12.4. The third-order valence-corrected chi connectivity index (χ3v) is 3.94. The molecule has 0 aliphatic carbocycles. The summed E-state index contributed by atoms with van der Waals surface area (Å²) in [6.07, 6.45) is 0. The van der Waals surface area contributed by atoms with E-state index in [1.807, 2.05) is 37.3 Å². The smallest absolute Gasteiger partial charge is 0.387 e. The number of nitrogens with zero attached hydrogens (tertiary/aromatic N) is 3. The average molecular weight is 375 g/mol. The van der Waals surface area contributed by atoms with E-state index in [-0.39, 0.29) is 11.5 Å². The third kappa shape index (κ3) is 4.52. The molecule has 3 rings (SSSR count). The maximum Gasteiger partial charge on any atom is 0.387 e. The number of para-hydroxylation sites is 1. The van der Waals surface area contributed by atoms with Gasteiger partial charge in [0, 0.05) is 17.8 Å².